The van der Waals surface area contributed by atoms with Gasteiger partial charge in [0.25, 0.3) is 0 Å². The van der Waals surface area contributed by atoms with Crippen molar-refractivity contribution >= 4 is 31.8 Å². The SMILES string of the molecule is COc1ccc(C2Oc3cccc(OC(F)F)c3-c3ccc(NC(=O)N(S(C)(=O)=O)S(C)(=O)=O)cc32)cc1OC. The molecule has 1 heterocycles. The average Bonchev–Trinajstić information content (AvgIpc) is 2.85. The normalized spacial score (nSPS) is 14.4. The predicted octanol–water partition coefficient (Wildman–Crippen LogP) is 4.21. The second-order valence-electron chi connectivity index (χ2n) is 8.58. The highest BCUT2D eigenvalue weighted by atomic mass is 32.3. The number of ether oxygens (including phenoxy) is 4. The fourth-order valence-corrected chi connectivity index (χ4v) is 6.99. The van der Waals surface area contributed by atoms with Crippen molar-refractivity contribution in [1.82, 2.24) is 3.71 Å². The maximum absolute atomic E-state index is 13.2. The van der Waals surface area contributed by atoms with Crippen LogP contribution in [0.25, 0.3) is 11.1 Å². The number of sulfonamides is 2. The van der Waals surface area contributed by atoms with Gasteiger partial charge in [-0.2, -0.15) is 8.78 Å². The van der Waals surface area contributed by atoms with Crippen LogP contribution in [0, 0.1) is 0 Å². The number of carbonyl (C=O) groups is 1. The topological polar surface area (TPSA) is 138 Å². The van der Waals surface area contributed by atoms with E-state index >= 15 is 0 Å². The van der Waals surface area contributed by atoms with E-state index in [0.29, 0.717) is 40.7 Å². The minimum atomic E-state index is -4.49. The van der Waals surface area contributed by atoms with Crippen LogP contribution in [0.3, 0.4) is 0 Å². The van der Waals surface area contributed by atoms with Crippen molar-refractivity contribution in [2.75, 3.05) is 32.0 Å². The Kier molecular flexibility index (Phi) is 7.81. The molecule has 11 nitrogen and oxygen atoms in total. The number of rotatable bonds is 8. The van der Waals surface area contributed by atoms with Gasteiger partial charge >= 0.3 is 12.6 Å². The van der Waals surface area contributed by atoms with E-state index in [4.69, 9.17) is 18.9 Å². The highest BCUT2D eigenvalue weighted by molar-refractivity contribution is 8.04. The Bertz CT molecular complexity index is 1650. The van der Waals surface area contributed by atoms with Gasteiger partial charge in [0.15, 0.2) is 11.5 Å². The fraction of sp³-hybridized carbons (Fsp3) is 0.240. The molecule has 0 aromatic heterocycles. The van der Waals surface area contributed by atoms with E-state index in [2.05, 4.69) is 5.32 Å². The number of fused-ring (bicyclic) bond motifs is 3. The molecule has 0 spiro atoms. The van der Waals surface area contributed by atoms with Crippen LogP contribution in [0.2, 0.25) is 0 Å². The lowest BCUT2D eigenvalue weighted by molar-refractivity contribution is -0.0496. The second kappa shape index (κ2) is 10.8. The molecule has 0 fully saturated rings. The summed E-state index contributed by atoms with van der Waals surface area (Å²) < 4.78 is 95.8. The molecule has 1 atom stereocenters. The summed E-state index contributed by atoms with van der Waals surface area (Å²) in [6.07, 6.45) is 0.271. The zero-order valence-corrected chi connectivity index (χ0v) is 23.2. The van der Waals surface area contributed by atoms with Gasteiger partial charge in [0.2, 0.25) is 20.0 Å². The van der Waals surface area contributed by atoms with E-state index < -0.39 is 38.8 Å². The third-order valence-electron chi connectivity index (χ3n) is 5.78. The molecule has 15 heteroatoms. The van der Waals surface area contributed by atoms with Crippen LogP contribution < -0.4 is 24.3 Å². The Labute approximate surface area is 229 Å². The zero-order valence-electron chi connectivity index (χ0n) is 21.5. The monoisotopic (exact) mass is 598 g/mol. The number of nitrogens with one attached hydrogen (secondary N) is 1. The van der Waals surface area contributed by atoms with Gasteiger partial charge in [-0.1, -0.05) is 18.2 Å². The number of hydrogen-bond donors (Lipinski definition) is 1. The molecule has 214 valence electrons. The third-order valence-corrected chi connectivity index (χ3v) is 8.94. The molecule has 1 unspecified atom stereocenters. The number of anilines is 1. The first-order valence-corrected chi connectivity index (χ1v) is 15.1. The van der Waals surface area contributed by atoms with E-state index in [-0.39, 0.29) is 26.5 Å². The number of halogens is 2. The number of alkyl halides is 2. The molecule has 1 N–H and O–H groups in total. The maximum atomic E-state index is 13.2. The lowest BCUT2D eigenvalue weighted by Crippen LogP contribution is -2.43. The Hall–Kier alpha value is -4.11. The molecule has 4 rings (SSSR count). The molecular weight excluding hydrogens is 574 g/mol. The lowest BCUT2D eigenvalue weighted by Gasteiger charge is -2.31. The van der Waals surface area contributed by atoms with Gasteiger partial charge < -0.3 is 24.3 Å². The summed E-state index contributed by atoms with van der Waals surface area (Å²) in [6, 6.07) is 12.2. The number of benzene rings is 3. The molecule has 0 aliphatic carbocycles. The maximum Gasteiger partial charge on any atom is 0.387 e. The predicted molar refractivity (Wildman–Crippen MR) is 141 cm³/mol. The van der Waals surface area contributed by atoms with Gasteiger partial charge in [0, 0.05) is 16.8 Å². The van der Waals surface area contributed by atoms with Crippen molar-refractivity contribution in [3.63, 3.8) is 0 Å². The van der Waals surface area contributed by atoms with Gasteiger partial charge in [-0.3, -0.25) is 0 Å². The van der Waals surface area contributed by atoms with Crippen molar-refractivity contribution in [1.29, 1.82) is 0 Å². The number of hydrogen-bond acceptors (Lipinski definition) is 9. The van der Waals surface area contributed by atoms with Gasteiger partial charge in [-0.25, -0.2) is 21.6 Å². The molecule has 0 bridgehead atoms. The molecule has 3 aromatic rings. The highest BCUT2D eigenvalue weighted by Gasteiger charge is 2.34. The Morgan fingerprint density at radius 1 is 0.925 bits per heavy atom. The first kappa shape index (κ1) is 28.9. The largest absolute Gasteiger partial charge is 0.493 e. The Morgan fingerprint density at radius 3 is 2.20 bits per heavy atom. The summed E-state index contributed by atoms with van der Waals surface area (Å²) in [4.78, 5) is 12.7. The molecule has 40 heavy (non-hydrogen) atoms. The van der Waals surface area contributed by atoms with E-state index in [1.807, 2.05) is 0 Å². The van der Waals surface area contributed by atoms with Crippen LogP contribution in [0.15, 0.2) is 54.6 Å². The van der Waals surface area contributed by atoms with Crippen molar-refractivity contribution in [3.8, 4) is 34.1 Å². The third kappa shape index (κ3) is 5.74. The lowest BCUT2D eigenvalue weighted by atomic mass is 9.88. The summed E-state index contributed by atoms with van der Waals surface area (Å²) >= 11 is 0. The number of methoxy groups -OCH3 is 2. The van der Waals surface area contributed by atoms with Gasteiger partial charge in [-0.15, -0.1) is 3.71 Å². The number of nitrogens with zero attached hydrogens (tertiary/aromatic N) is 1. The highest BCUT2D eigenvalue weighted by Crippen LogP contribution is 2.50. The molecule has 0 saturated heterocycles. The van der Waals surface area contributed by atoms with Crippen molar-refractivity contribution in [2.45, 2.75) is 12.7 Å². The van der Waals surface area contributed by atoms with Crippen LogP contribution in [0.1, 0.15) is 17.2 Å². The summed E-state index contributed by atoms with van der Waals surface area (Å²) in [6.45, 7) is -3.12. The number of urea groups is 1. The smallest absolute Gasteiger partial charge is 0.387 e. The summed E-state index contributed by atoms with van der Waals surface area (Å²) in [7, 11) is -6.06. The summed E-state index contributed by atoms with van der Waals surface area (Å²) in [5.41, 5.74) is 1.57. The molecule has 2 amide bonds. The minimum absolute atomic E-state index is 0.00540. The summed E-state index contributed by atoms with van der Waals surface area (Å²) in [5.74, 6) is 0.907. The van der Waals surface area contributed by atoms with Crippen molar-refractivity contribution in [2.24, 2.45) is 0 Å². The molecule has 1 aliphatic heterocycles. The second-order valence-corrected chi connectivity index (χ2v) is 12.5. The summed E-state index contributed by atoms with van der Waals surface area (Å²) in [5, 5.41) is 2.27. The van der Waals surface area contributed by atoms with Gasteiger partial charge in [-0.05, 0) is 42.0 Å². The molecule has 0 saturated carbocycles. The number of amides is 2. The average molecular weight is 599 g/mol. The van der Waals surface area contributed by atoms with Crippen molar-refractivity contribution < 1.29 is 49.4 Å². The van der Waals surface area contributed by atoms with Crippen LogP contribution >= 0.6 is 0 Å². The first-order chi connectivity index (χ1) is 18.7. The van der Waals surface area contributed by atoms with Crippen molar-refractivity contribution in [3.05, 3.63) is 65.7 Å². The van der Waals surface area contributed by atoms with E-state index in [9.17, 15) is 30.4 Å². The first-order valence-electron chi connectivity index (χ1n) is 11.4. The van der Waals surface area contributed by atoms with E-state index in [0.717, 1.165) is 0 Å². The van der Waals surface area contributed by atoms with E-state index in [1.54, 1.807) is 24.3 Å². The standard InChI is InChI=1S/C25H24F2N2O9S2/c1-35-18-11-8-14(12-21(18)36-2)23-17-13-15(28-25(30)29(39(3,31)32)40(4,33)34)9-10-16(17)22-19(37-23)6-5-7-20(22)38-24(26)27/h5-13,23-24H,1-4H3,(H,28,30). The van der Waals surface area contributed by atoms with Gasteiger partial charge in [0.1, 0.15) is 17.6 Å². The van der Waals surface area contributed by atoms with Crippen LogP contribution in [0.5, 0.6) is 23.0 Å². The van der Waals surface area contributed by atoms with Gasteiger partial charge in [0.05, 0.1) is 32.3 Å². The Balaban J connectivity index is 1.87. The van der Waals surface area contributed by atoms with E-state index in [1.165, 1.54) is 44.6 Å². The Morgan fingerprint density at radius 2 is 1.60 bits per heavy atom. The zero-order chi connectivity index (χ0) is 29.4. The molecule has 3 aromatic carbocycles. The van der Waals surface area contributed by atoms with Crippen LogP contribution in [-0.4, -0.2) is 59.9 Å². The quantitative estimate of drug-likeness (QED) is 0.404. The molecule has 1 aliphatic rings. The number of carbonyl (C=O) groups excluding carboxylic acids is 1. The van der Waals surface area contributed by atoms with Crippen LogP contribution in [0.4, 0.5) is 19.3 Å². The minimum Gasteiger partial charge on any atom is -0.493 e. The van der Waals surface area contributed by atoms with Crippen LogP contribution in [-0.2, 0) is 20.0 Å². The molecular formula is C25H24F2N2O9S2. The fourth-order valence-electron chi connectivity index (χ4n) is 4.32. The molecule has 0 radical (unpaired) electrons.